The summed E-state index contributed by atoms with van der Waals surface area (Å²) in [4.78, 5) is 12.3. The van der Waals surface area contributed by atoms with E-state index in [4.69, 9.17) is 11.6 Å². The zero-order chi connectivity index (χ0) is 18.6. The molecule has 3 aromatic rings. The standard InChI is InChI=1S/C21H21ClN4O/c22-17-7-5-6-16(14-17)21(27)23-18-11-9-15(10-12-18)20-25-24-19-8-3-1-2-4-13-26(19)20/h5-7,9-12,14H,1-4,8,13H2,(H,23,27). The van der Waals surface area contributed by atoms with Crippen LogP contribution in [0.15, 0.2) is 48.5 Å². The zero-order valence-electron chi connectivity index (χ0n) is 15.0. The summed E-state index contributed by atoms with van der Waals surface area (Å²) in [6, 6.07) is 14.6. The molecule has 0 saturated heterocycles. The number of amides is 1. The lowest BCUT2D eigenvalue weighted by Crippen LogP contribution is -2.11. The van der Waals surface area contributed by atoms with Gasteiger partial charge in [0.05, 0.1) is 0 Å². The molecule has 1 N–H and O–H groups in total. The summed E-state index contributed by atoms with van der Waals surface area (Å²) in [7, 11) is 0. The Morgan fingerprint density at radius 2 is 1.81 bits per heavy atom. The van der Waals surface area contributed by atoms with Crippen molar-refractivity contribution >= 4 is 23.2 Å². The maximum absolute atomic E-state index is 12.3. The maximum Gasteiger partial charge on any atom is 0.255 e. The quantitative estimate of drug-likeness (QED) is 0.698. The number of nitrogens with one attached hydrogen (secondary N) is 1. The van der Waals surface area contributed by atoms with Crippen LogP contribution in [0.3, 0.4) is 0 Å². The fourth-order valence-corrected chi connectivity index (χ4v) is 3.60. The summed E-state index contributed by atoms with van der Waals surface area (Å²) in [5.41, 5.74) is 2.27. The van der Waals surface area contributed by atoms with E-state index in [1.807, 2.05) is 24.3 Å². The van der Waals surface area contributed by atoms with Crippen molar-refractivity contribution in [1.82, 2.24) is 14.8 Å². The smallest absolute Gasteiger partial charge is 0.255 e. The van der Waals surface area contributed by atoms with Gasteiger partial charge in [0.2, 0.25) is 0 Å². The Bertz CT molecular complexity index is 949. The van der Waals surface area contributed by atoms with Gasteiger partial charge in [0.25, 0.3) is 5.91 Å². The molecule has 1 aliphatic heterocycles. The number of nitrogens with zero attached hydrogens (tertiary/aromatic N) is 3. The highest BCUT2D eigenvalue weighted by Crippen LogP contribution is 2.24. The van der Waals surface area contributed by atoms with E-state index in [0.717, 1.165) is 42.3 Å². The topological polar surface area (TPSA) is 59.8 Å². The molecule has 0 saturated carbocycles. The Morgan fingerprint density at radius 1 is 1.00 bits per heavy atom. The minimum absolute atomic E-state index is 0.183. The molecule has 0 radical (unpaired) electrons. The first-order chi connectivity index (χ1) is 13.2. The zero-order valence-corrected chi connectivity index (χ0v) is 15.7. The minimum atomic E-state index is -0.183. The van der Waals surface area contributed by atoms with Crippen molar-refractivity contribution in [2.24, 2.45) is 0 Å². The lowest BCUT2D eigenvalue weighted by molar-refractivity contribution is 0.102. The van der Waals surface area contributed by atoms with Crippen molar-refractivity contribution in [2.45, 2.75) is 38.6 Å². The summed E-state index contributed by atoms with van der Waals surface area (Å²) < 4.78 is 2.23. The molecule has 5 nitrogen and oxygen atoms in total. The highest BCUT2D eigenvalue weighted by atomic mass is 35.5. The second-order valence-corrected chi connectivity index (χ2v) is 7.23. The van der Waals surface area contributed by atoms with Crippen LogP contribution in [0.1, 0.15) is 41.9 Å². The molecule has 0 aliphatic carbocycles. The van der Waals surface area contributed by atoms with E-state index in [-0.39, 0.29) is 5.91 Å². The van der Waals surface area contributed by atoms with E-state index in [0.29, 0.717) is 10.6 Å². The Labute approximate surface area is 163 Å². The molecule has 1 aromatic heterocycles. The maximum atomic E-state index is 12.3. The van der Waals surface area contributed by atoms with Gasteiger partial charge in [0, 0.05) is 34.8 Å². The van der Waals surface area contributed by atoms with E-state index in [1.54, 1.807) is 24.3 Å². The lowest BCUT2D eigenvalue weighted by Gasteiger charge is -2.13. The summed E-state index contributed by atoms with van der Waals surface area (Å²) >= 11 is 5.95. The molecule has 0 spiro atoms. The monoisotopic (exact) mass is 380 g/mol. The van der Waals surface area contributed by atoms with E-state index in [2.05, 4.69) is 20.1 Å². The number of fused-ring (bicyclic) bond motifs is 1. The highest BCUT2D eigenvalue weighted by Gasteiger charge is 2.15. The van der Waals surface area contributed by atoms with Gasteiger partial charge in [-0.05, 0) is 55.3 Å². The first-order valence-electron chi connectivity index (χ1n) is 9.30. The van der Waals surface area contributed by atoms with Gasteiger partial charge in [-0.15, -0.1) is 10.2 Å². The van der Waals surface area contributed by atoms with Crippen LogP contribution in [0.5, 0.6) is 0 Å². The van der Waals surface area contributed by atoms with Gasteiger partial charge >= 0.3 is 0 Å². The van der Waals surface area contributed by atoms with Crippen LogP contribution in [-0.4, -0.2) is 20.7 Å². The molecular weight excluding hydrogens is 360 g/mol. The van der Waals surface area contributed by atoms with Crippen molar-refractivity contribution in [1.29, 1.82) is 0 Å². The first-order valence-corrected chi connectivity index (χ1v) is 9.68. The van der Waals surface area contributed by atoms with Crippen LogP contribution >= 0.6 is 11.6 Å². The molecule has 0 atom stereocenters. The lowest BCUT2D eigenvalue weighted by atomic mass is 10.1. The van der Waals surface area contributed by atoms with Gasteiger partial charge < -0.3 is 9.88 Å². The first kappa shape index (κ1) is 17.7. The van der Waals surface area contributed by atoms with Gasteiger partial charge in [-0.1, -0.05) is 30.5 Å². The van der Waals surface area contributed by atoms with Gasteiger partial charge in [-0.3, -0.25) is 4.79 Å². The molecule has 2 aromatic carbocycles. The number of carbonyl (C=O) groups excluding carboxylic acids is 1. The van der Waals surface area contributed by atoms with Crippen molar-refractivity contribution < 1.29 is 4.79 Å². The van der Waals surface area contributed by atoms with Gasteiger partial charge in [0.15, 0.2) is 5.82 Å². The highest BCUT2D eigenvalue weighted by molar-refractivity contribution is 6.31. The molecule has 4 rings (SSSR count). The van der Waals surface area contributed by atoms with Crippen molar-refractivity contribution in [3.8, 4) is 11.4 Å². The summed E-state index contributed by atoms with van der Waals surface area (Å²) in [6.07, 6.45) is 5.84. The van der Waals surface area contributed by atoms with Gasteiger partial charge in [-0.2, -0.15) is 0 Å². The molecule has 1 aliphatic rings. The molecule has 2 heterocycles. The Morgan fingerprint density at radius 3 is 2.63 bits per heavy atom. The van der Waals surface area contributed by atoms with Gasteiger partial charge in [0.1, 0.15) is 5.82 Å². The number of hydrogen-bond acceptors (Lipinski definition) is 3. The molecule has 138 valence electrons. The molecule has 27 heavy (non-hydrogen) atoms. The third-order valence-corrected chi connectivity index (χ3v) is 5.08. The fourth-order valence-electron chi connectivity index (χ4n) is 3.41. The van der Waals surface area contributed by atoms with Crippen molar-refractivity contribution in [2.75, 3.05) is 5.32 Å². The van der Waals surface area contributed by atoms with Crippen LogP contribution in [0.4, 0.5) is 5.69 Å². The summed E-state index contributed by atoms with van der Waals surface area (Å²) in [5.74, 6) is 1.79. The summed E-state index contributed by atoms with van der Waals surface area (Å²) in [6.45, 7) is 0.963. The van der Waals surface area contributed by atoms with Crippen LogP contribution in [0.2, 0.25) is 5.02 Å². The van der Waals surface area contributed by atoms with Crippen LogP contribution in [0, 0.1) is 0 Å². The number of carbonyl (C=O) groups is 1. The Kier molecular flexibility index (Phi) is 5.21. The third-order valence-electron chi connectivity index (χ3n) is 4.85. The number of hydrogen-bond donors (Lipinski definition) is 1. The van der Waals surface area contributed by atoms with Crippen LogP contribution < -0.4 is 5.32 Å². The number of aryl methyl sites for hydroxylation is 1. The van der Waals surface area contributed by atoms with E-state index >= 15 is 0 Å². The molecule has 6 heteroatoms. The SMILES string of the molecule is O=C(Nc1ccc(-c2nnc3n2CCCCCC3)cc1)c1cccc(Cl)c1. The Balaban J connectivity index is 1.52. The predicted molar refractivity (Wildman–Crippen MR) is 107 cm³/mol. The molecule has 0 fully saturated rings. The van der Waals surface area contributed by atoms with Crippen molar-refractivity contribution in [3.05, 3.63) is 64.9 Å². The van der Waals surface area contributed by atoms with E-state index < -0.39 is 0 Å². The van der Waals surface area contributed by atoms with Gasteiger partial charge in [-0.25, -0.2) is 0 Å². The van der Waals surface area contributed by atoms with Crippen LogP contribution in [-0.2, 0) is 13.0 Å². The normalized spacial score (nSPS) is 14.1. The van der Waals surface area contributed by atoms with E-state index in [1.165, 1.54) is 19.3 Å². The van der Waals surface area contributed by atoms with E-state index in [9.17, 15) is 4.79 Å². The number of aromatic nitrogens is 3. The van der Waals surface area contributed by atoms with Crippen molar-refractivity contribution in [3.63, 3.8) is 0 Å². The molecule has 1 amide bonds. The number of rotatable bonds is 3. The predicted octanol–water partition coefficient (Wildman–Crippen LogP) is 4.97. The number of benzene rings is 2. The minimum Gasteiger partial charge on any atom is -0.322 e. The number of halogens is 1. The largest absolute Gasteiger partial charge is 0.322 e. The number of anilines is 1. The average Bonchev–Trinajstić information content (AvgIpc) is 3.04. The average molecular weight is 381 g/mol. The second-order valence-electron chi connectivity index (χ2n) is 6.80. The fraction of sp³-hybridized carbons (Fsp3) is 0.286. The molecular formula is C21H21ClN4O. The molecule has 0 unspecified atom stereocenters. The molecule has 0 bridgehead atoms. The van der Waals surface area contributed by atoms with Crippen LogP contribution in [0.25, 0.3) is 11.4 Å². The second kappa shape index (κ2) is 7.92. The Hall–Kier alpha value is -2.66. The summed E-state index contributed by atoms with van der Waals surface area (Å²) in [5, 5.41) is 12.2. The third kappa shape index (κ3) is 4.03.